The van der Waals surface area contributed by atoms with E-state index in [2.05, 4.69) is 41.1 Å². The van der Waals surface area contributed by atoms with Gasteiger partial charge in [0.05, 0.1) is 6.61 Å². The fraction of sp³-hybridized carbons (Fsp3) is 0.733. The highest BCUT2D eigenvalue weighted by Gasteiger charge is 2.21. The molecule has 0 unspecified atom stereocenters. The molecular formula is C15H29N5O. The van der Waals surface area contributed by atoms with E-state index < -0.39 is 0 Å². The van der Waals surface area contributed by atoms with Gasteiger partial charge in [0.25, 0.3) is 0 Å². The van der Waals surface area contributed by atoms with Crippen molar-refractivity contribution in [1.29, 1.82) is 0 Å². The predicted molar refractivity (Wildman–Crippen MR) is 87.4 cm³/mol. The van der Waals surface area contributed by atoms with Gasteiger partial charge in [0.2, 0.25) is 0 Å². The molecule has 120 valence electrons. The van der Waals surface area contributed by atoms with Crippen molar-refractivity contribution in [2.75, 3.05) is 30.6 Å². The summed E-state index contributed by atoms with van der Waals surface area (Å²) < 4.78 is 5.26. The molecule has 0 spiro atoms. The highest BCUT2D eigenvalue weighted by atomic mass is 16.5. The first kappa shape index (κ1) is 17.7. The van der Waals surface area contributed by atoms with Crippen LogP contribution < -0.4 is 16.2 Å². The summed E-state index contributed by atoms with van der Waals surface area (Å²) in [4.78, 5) is 11.1. The van der Waals surface area contributed by atoms with Crippen LogP contribution in [-0.4, -0.2) is 36.3 Å². The van der Waals surface area contributed by atoms with E-state index in [-0.39, 0.29) is 0 Å². The van der Waals surface area contributed by atoms with E-state index in [1.807, 2.05) is 0 Å². The second-order valence-electron chi connectivity index (χ2n) is 5.08. The van der Waals surface area contributed by atoms with Crippen molar-refractivity contribution in [3.63, 3.8) is 0 Å². The number of aromatic nitrogens is 2. The van der Waals surface area contributed by atoms with Gasteiger partial charge in [-0.3, -0.25) is 0 Å². The lowest BCUT2D eigenvalue weighted by molar-refractivity contribution is 0.202. The second kappa shape index (κ2) is 9.52. The van der Waals surface area contributed by atoms with Crippen LogP contribution in [0.4, 0.5) is 11.6 Å². The highest BCUT2D eigenvalue weighted by molar-refractivity contribution is 5.59. The summed E-state index contributed by atoms with van der Waals surface area (Å²) in [7, 11) is 1.73. The van der Waals surface area contributed by atoms with Gasteiger partial charge in [0.1, 0.15) is 18.0 Å². The Morgan fingerprint density at radius 3 is 2.52 bits per heavy atom. The molecule has 0 fully saturated rings. The Kier molecular flexibility index (Phi) is 8.00. The molecule has 0 amide bonds. The summed E-state index contributed by atoms with van der Waals surface area (Å²) >= 11 is 0. The van der Waals surface area contributed by atoms with E-state index >= 15 is 0 Å². The van der Waals surface area contributed by atoms with Crippen LogP contribution in [0.25, 0.3) is 0 Å². The van der Waals surface area contributed by atoms with Gasteiger partial charge in [-0.05, 0) is 19.3 Å². The maximum absolute atomic E-state index is 5.61. The second-order valence-corrected chi connectivity index (χ2v) is 5.08. The van der Waals surface area contributed by atoms with Crippen molar-refractivity contribution >= 4 is 11.6 Å². The summed E-state index contributed by atoms with van der Waals surface area (Å²) in [6, 6.07) is 0.441. The molecule has 1 aromatic heterocycles. The number of nitrogens with two attached hydrogens (primary N) is 1. The van der Waals surface area contributed by atoms with E-state index in [1.165, 1.54) is 0 Å². The van der Waals surface area contributed by atoms with Crippen LogP contribution in [0.2, 0.25) is 0 Å². The Morgan fingerprint density at radius 1 is 1.29 bits per heavy atom. The first-order chi connectivity index (χ1) is 10.2. The van der Waals surface area contributed by atoms with Gasteiger partial charge in [0.15, 0.2) is 0 Å². The lowest BCUT2D eigenvalue weighted by Crippen LogP contribution is -2.38. The van der Waals surface area contributed by atoms with E-state index in [4.69, 9.17) is 10.6 Å². The smallest absolute Gasteiger partial charge is 0.148 e. The number of nitrogens with one attached hydrogen (secondary N) is 1. The van der Waals surface area contributed by atoms with E-state index in [0.29, 0.717) is 12.6 Å². The van der Waals surface area contributed by atoms with Gasteiger partial charge in [-0.1, -0.05) is 27.2 Å². The van der Waals surface area contributed by atoms with Crippen molar-refractivity contribution in [3.8, 4) is 0 Å². The Balaban J connectivity index is 3.21. The van der Waals surface area contributed by atoms with E-state index in [0.717, 1.165) is 49.4 Å². The minimum absolute atomic E-state index is 0.441. The number of hydrogen-bond acceptors (Lipinski definition) is 6. The van der Waals surface area contributed by atoms with Crippen molar-refractivity contribution in [2.45, 2.75) is 52.5 Å². The van der Waals surface area contributed by atoms with Gasteiger partial charge in [-0.2, -0.15) is 0 Å². The average Bonchev–Trinajstić information content (AvgIpc) is 2.52. The third-order valence-corrected chi connectivity index (χ3v) is 3.75. The largest absolute Gasteiger partial charge is 0.383 e. The fourth-order valence-corrected chi connectivity index (χ4v) is 2.64. The van der Waals surface area contributed by atoms with Crippen LogP contribution in [0, 0.1) is 0 Å². The summed E-state index contributed by atoms with van der Waals surface area (Å²) in [5, 5.41) is 0. The predicted octanol–water partition coefficient (Wildman–Crippen LogP) is 2.36. The number of ether oxygens (including phenoxy) is 1. The summed E-state index contributed by atoms with van der Waals surface area (Å²) in [6.07, 6.45) is 5.64. The molecule has 0 bridgehead atoms. The Labute approximate surface area is 128 Å². The van der Waals surface area contributed by atoms with E-state index in [9.17, 15) is 0 Å². The summed E-state index contributed by atoms with van der Waals surface area (Å²) in [6.45, 7) is 8.05. The third-order valence-electron chi connectivity index (χ3n) is 3.75. The average molecular weight is 295 g/mol. The Hall–Kier alpha value is -1.40. The van der Waals surface area contributed by atoms with Crippen LogP contribution in [0.3, 0.4) is 0 Å². The van der Waals surface area contributed by atoms with Crippen LogP contribution in [0.1, 0.15) is 45.6 Å². The molecule has 0 aliphatic heterocycles. The first-order valence-electron chi connectivity index (χ1n) is 7.79. The molecule has 6 heteroatoms. The van der Waals surface area contributed by atoms with E-state index in [1.54, 1.807) is 13.4 Å². The van der Waals surface area contributed by atoms with Crippen molar-refractivity contribution in [3.05, 3.63) is 11.9 Å². The van der Waals surface area contributed by atoms with Gasteiger partial charge in [-0.25, -0.2) is 15.8 Å². The number of nitrogens with zero attached hydrogens (tertiary/aromatic N) is 3. The Bertz CT molecular complexity index is 409. The number of rotatable bonds is 10. The normalized spacial score (nSPS) is 11.0. The third kappa shape index (κ3) is 4.54. The molecule has 0 aromatic carbocycles. The molecule has 1 aromatic rings. The molecule has 0 radical (unpaired) electrons. The lowest BCUT2D eigenvalue weighted by Gasteiger charge is -2.33. The summed E-state index contributed by atoms with van der Waals surface area (Å²) in [5.74, 6) is 7.30. The van der Waals surface area contributed by atoms with Crippen LogP contribution in [-0.2, 0) is 11.2 Å². The number of hydrazine groups is 1. The van der Waals surface area contributed by atoms with Crippen LogP contribution >= 0.6 is 0 Å². The molecule has 21 heavy (non-hydrogen) atoms. The zero-order valence-corrected chi connectivity index (χ0v) is 13.7. The topological polar surface area (TPSA) is 76.3 Å². The number of methoxy groups -OCH3 is 1. The van der Waals surface area contributed by atoms with Gasteiger partial charge in [-0.15, -0.1) is 0 Å². The molecule has 1 heterocycles. The maximum atomic E-state index is 5.61. The number of nitrogen functional groups attached to an aromatic ring is 1. The molecule has 0 saturated carbocycles. The summed E-state index contributed by atoms with van der Waals surface area (Å²) in [5.41, 5.74) is 3.79. The highest BCUT2D eigenvalue weighted by Crippen LogP contribution is 2.27. The van der Waals surface area contributed by atoms with Gasteiger partial charge >= 0.3 is 0 Å². The molecule has 0 aliphatic carbocycles. The van der Waals surface area contributed by atoms with Crippen LogP contribution in [0.15, 0.2) is 6.33 Å². The first-order valence-corrected chi connectivity index (χ1v) is 7.79. The van der Waals surface area contributed by atoms with Gasteiger partial charge < -0.3 is 15.1 Å². The molecule has 0 aliphatic rings. The minimum atomic E-state index is 0.441. The molecule has 6 nitrogen and oxygen atoms in total. The molecule has 1 rings (SSSR count). The van der Waals surface area contributed by atoms with Gasteiger partial charge in [0, 0.05) is 25.3 Å². The van der Waals surface area contributed by atoms with Crippen molar-refractivity contribution in [1.82, 2.24) is 9.97 Å². The standard InChI is InChI=1S/C15H29N5O/c1-5-8-13-14(19-16)17-11-18-15(13)20(9-10-21-4)12(6-2)7-3/h11-12H,5-10,16H2,1-4H3,(H,17,18,19). The fourth-order valence-electron chi connectivity index (χ4n) is 2.64. The molecule has 0 atom stereocenters. The zero-order chi connectivity index (χ0) is 15.7. The lowest BCUT2D eigenvalue weighted by atomic mass is 10.1. The quantitative estimate of drug-likeness (QED) is 0.510. The zero-order valence-electron chi connectivity index (χ0n) is 13.7. The number of anilines is 2. The monoisotopic (exact) mass is 295 g/mol. The van der Waals surface area contributed by atoms with Crippen molar-refractivity contribution < 1.29 is 4.74 Å². The Morgan fingerprint density at radius 2 is 2.00 bits per heavy atom. The molecule has 3 N–H and O–H groups in total. The van der Waals surface area contributed by atoms with Crippen LogP contribution in [0.5, 0.6) is 0 Å². The SMILES string of the molecule is CCCc1c(NN)ncnc1N(CCOC)C(CC)CC. The molecular weight excluding hydrogens is 266 g/mol. The molecule has 0 saturated heterocycles. The number of hydrogen-bond donors (Lipinski definition) is 2. The minimum Gasteiger partial charge on any atom is -0.383 e. The van der Waals surface area contributed by atoms with Crippen molar-refractivity contribution in [2.24, 2.45) is 5.84 Å². The maximum Gasteiger partial charge on any atom is 0.148 e.